The van der Waals surface area contributed by atoms with Crippen molar-refractivity contribution in [1.82, 2.24) is 29.7 Å². The Morgan fingerprint density at radius 1 is 1.02 bits per heavy atom. The molecule has 3 aromatic heterocycles. The van der Waals surface area contributed by atoms with Gasteiger partial charge in [-0.15, -0.1) is 10.2 Å². The second-order valence-corrected chi connectivity index (χ2v) is 13.8. The molecule has 3 atom stereocenters. The molecule has 1 unspecified atom stereocenters. The third-order valence-electron chi connectivity index (χ3n) is 9.14. The normalized spacial score (nSPS) is 19.2. The van der Waals surface area contributed by atoms with E-state index >= 15 is 0 Å². The Morgan fingerprint density at radius 3 is 2.66 bits per heavy atom. The van der Waals surface area contributed by atoms with E-state index in [9.17, 15) is 9.90 Å². The molecule has 4 heterocycles. The summed E-state index contributed by atoms with van der Waals surface area (Å²) in [5, 5.41) is 29.2. The fraction of sp³-hybridized carbons (Fsp3) is 0.405. The number of benzene rings is 2. The number of nitrogens with one attached hydrogen (secondary N) is 2. The zero-order valence-electron chi connectivity index (χ0n) is 28.9. The van der Waals surface area contributed by atoms with Crippen LogP contribution in [0, 0.1) is 0 Å². The lowest BCUT2D eigenvalue weighted by Gasteiger charge is -2.33. The second kappa shape index (κ2) is 14.0. The molecule has 50 heavy (non-hydrogen) atoms. The molecule has 262 valence electrons. The van der Waals surface area contributed by atoms with E-state index in [1.54, 1.807) is 4.68 Å². The predicted molar refractivity (Wildman–Crippen MR) is 189 cm³/mol. The van der Waals surface area contributed by atoms with Gasteiger partial charge >= 0.3 is 6.03 Å². The number of urea groups is 1. The summed E-state index contributed by atoms with van der Waals surface area (Å²) in [5.74, 6) is 2.63. The van der Waals surface area contributed by atoms with E-state index in [4.69, 9.17) is 19.3 Å². The van der Waals surface area contributed by atoms with Crippen molar-refractivity contribution in [3.8, 4) is 17.2 Å². The Morgan fingerprint density at radius 2 is 1.86 bits per heavy atom. The Balaban J connectivity index is 1.08. The lowest BCUT2D eigenvalue weighted by molar-refractivity contribution is 0.0980. The molecule has 3 N–H and O–H groups in total. The highest BCUT2D eigenvalue weighted by Crippen LogP contribution is 2.39. The fourth-order valence-corrected chi connectivity index (χ4v) is 6.55. The van der Waals surface area contributed by atoms with E-state index < -0.39 is 0 Å². The molecule has 1 aliphatic carbocycles. The maximum Gasteiger partial charge on any atom is 0.320 e. The third-order valence-corrected chi connectivity index (χ3v) is 9.14. The van der Waals surface area contributed by atoms with E-state index in [1.165, 1.54) is 0 Å². The third kappa shape index (κ3) is 6.96. The number of hydrogen-bond acceptors (Lipinski definition) is 9. The van der Waals surface area contributed by atoms with Crippen molar-refractivity contribution in [2.45, 2.75) is 64.1 Å². The Kier molecular flexibility index (Phi) is 9.34. The Bertz CT molecular complexity index is 1970. The molecule has 1 saturated heterocycles. The summed E-state index contributed by atoms with van der Waals surface area (Å²) in [6.07, 6.45) is 3.17. The molecule has 13 heteroatoms. The number of hydrogen-bond donors (Lipinski definition) is 3. The number of pyridine rings is 1. The van der Waals surface area contributed by atoms with Crippen LogP contribution in [0.3, 0.4) is 0 Å². The van der Waals surface area contributed by atoms with Crippen molar-refractivity contribution in [1.29, 1.82) is 0 Å². The molecule has 2 amide bonds. The van der Waals surface area contributed by atoms with E-state index in [0.29, 0.717) is 37.6 Å². The van der Waals surface area contributed by atoms with Gasteiger partial charge in [0.15, 0.2) is 5.65 Å². The smallest absolute Gasteiger partial charge is 0.320 e. The number of fused-ring (bicyclic) bond motifs is 2. The summed E-state index contributed by atoms with van der Waals surface area (Å²) in [6.45, 7) is 10.5. The second-order valence-electron chi connectivity index (χ2n) is 13.8. The van der Waals surface area contributed by atoms with Crippen LogP contribution in [0.25, 0.3) is 11.3 Å². The van der Waals surface area contributed by atoms with Gasteiger partial charge in [-0.05, 0) is 55.2 Å². The first-order valence-electron chi connectivity index (χ1n) is 17.1. The molecule has 5 aromatic rings. The fourth-order valence-electron chi connectivity index (χ4n) is 6.55. The van der Waals surface area contributed by atoms with Crippen LogP contribution in [0.15, 0.2) is 72.9 Å². The van der Waals surface area contributed by atoms with Crippen LogP contribution in [0.2, 0.25) is 0 Å². The topological polar surface area (TPSA) is 140 Å². The highest BCUT2D eigenvalue weighted by Gasteiger charge is 2.31. The minimum absolute atomic E-state index is 0.0844. The van der Waals surface area contributed by atoms with Gasteiger partial charge in [-0.1, -0.05) is 51.1 Å². The molecular formula is C37H44N8O5. The molecular weight excluding hydrogens is 636 g/mol. The van der Waals surface area contributed by atoms with Crippen LogP contribution in [-0.2, 0) is 10.2 Å². The number of aliphatic hydroxyl groups is 1. The number of morpholine rings is 1. The van der Waals surface area contributed by atoms with Crippen LogP contribution in [0.5, 0.6) is 11.5 Å². The van der Waals surface area contributed by atoms with Crippen LogP contribution in [0.4, 0.5) is 16.6 Å². The molecule has 0 saturated carbocycles. The lowest BCUT2D eigenvalue weighted by atomic mass is 9.85. The molecule has 0 radical (unpaired) electrons. The standard InChI is InChI=1S/C37H44N8O5/c1-24-23-48-18-16-43(24)36-41-40-33-15-12-27(22-44(33)36)50-31-14-13-30(28-10-5-6-11-29(28)31)38-35(47)39-34-21-32(37(2,3)4)42-45(34)25-8-7-9-26(20-25)49-19-17-46/h5-12,15,20-22,24,30-31,46H,13-14,16-19,23H2,1-4H3,(H2,38,39,47)/t24?,30-,31+/m0/s1. The summed E-state index contributed by atoms with van der Waals surface area (Å²) in [6, 6.07) is 20.9. The first-order chi connectivity index (χ1) is 24.2. The summed E-state index contributed by atoms with van der Waals surface area (Å²) in [4.78, 5) is 15.8. The van der Waals surface area contributed by atoms with Crippen LogP contribution in [-0.4, -0.2) is 74.5 Å². The van der Waals surface area contributed by atoms with Crippen molar-refractivity contribution in [3.05, 3.63) is 89.7 Å². The van der Waals surface area contributed by atoms with Gasteiger partial charge in [-0.2, -0.15) is 5.10 Å². The predicted octanol–water partition coefficient (Wildman–Crippen LogP) is 5.59. The molecule has 2 aromatic carbocycles. The van der Waals surface area contributed by atoms with Gasteiger partial charge in [0, 0.05) is 24.1 Å². The monoisotopic (exact) mass is 680 g/mol. The van der Waals surface area contributed by atoms with Gasteiger partial charge < -0.3 is 29.5 Å². The van der Waals surface area contributed by atoms with Crippen molar-refractivity contribution in [3.63, 3.8) is 0 Å². The quantitative estimate of drug-likeness (QED) is 0.182. The average Bonchev–Trinajstić information content (AvgIpc) is 3.73. The first-order valence-corrected chi connectivity index (χ1v) is 17.1. The number of nitrogens with zero attached hydrogens (tertiary/aromatic N) is 6. The van der Waals surface area contributed by atoms with Crippen molar-refractivity contribution in [2.75, 3.05) is 43.2 Å². The summed E-state index contributed by atoms with van der Waals surface area (Å²) < 4.78 is 21.6. The maximum absolute atomic E-state index is 13.6. The van der Waals surface area contributed by atoms with Gasteiger partial charge in [-0.3, -0.25) is 9.72 Å². The van der Waals surface area contributed by atoms with E-state index in [0.717, 1.165) is 46.4 Å². The number of rotatable bonds is 9. The van der Waals surface area contributed by atoms with Gasteiger partial charge in [0.05, 0.1) is 49.5 Å². The van der Waals surface area contributed by atoms with Crippen molar-refractivity contribution < 1.29 is 24.1 Å². The van der Waals surface area contributed by atoms with Gasteiger partial charge in [-0.25, -0.2) is 9.48 Å². The maximum atomic E-state index is 13.6. The molecule has 7 rings (SSSR count). The molecule has 0 spiro atoms. The lowest BCUT2D eigenvalue weighted by Crippen LogP contribution is -2.44. The van der Waals surface area contributed by atoms with Crippen molar-refractivity contribution in [2.24, 2.45) is 0 Å². The molecule has 2 aliphatic rings. The van der Waals surface area contributed by atoms with Gasteiger partial charge in [0.2, 0.25) is 5.95 Å². The zero-order chi connectivity index (χ0) is 34.8. The highest BCUT2D eigenvalue weighted by molar-refractivity contribution is 5.89. The number of carbonyl (C=O) groups is 1. The molecule has 0 bridgehead atoms. The van der Waals surface area contributed by atoms with Crippen LogP contribution < -0.4 is 25.0 Å². The van der Waals surface area contributed by atoms with Gasteiger partial charge in [0.1, 0.15) is 30.0 Å². The summed E-state index contributed by atoms with van der Waals surface area (Å²) in [7, 11) is 0. The van der Waals surface area contributed by atoms with Crippen molar-refractivity contribution >= 4 is 23.4 Å². The molecule has 1 aliphatic heterocycles. The van der Waals surface area contributed by atoms with E-state index in [-0.39, 0.29) is 42.8 Å². The molecule has 13 nitrogen and oxygen atoms in total. The SMILES string of the molecule is CC1COCCN1c1nnc2ccc(O[C@@H]3CC[C@H](NC(=O)Nc4cc(C(C)(C)C)nn4-c4cccc(OCCO)c4)c4ccccc43)cn12. The molecule has 1 fully saturated rings. The number of ether oxygens (including phenoxy) is 3. The minimum atomic E-state index is -0.332. The number of amides is 2. The number of aromatic nitrogens is 5. The first kappa shape index (κ1) is 33.4. The highest BCUT2D eigenvalue weighted by atomic mass is 16.5. The Hall–Kier alpha value is -5.14. The van der Waals surface area contributed by atoms with Gasteiger partial charge in [0.25, 0.3) is 0 Å². The number of carbonyl (C=O) groups excluding carboxylic acids is 1. The van der Waals surface area contributed by atoms with Crippen LogP contribution in [0.1, 0.15) is 69.5 Å². The van der Waals surface area contributed by atoms with Crippen LogP contribution >= 0.6 is 0 Å². The Labute approximate surface area is 291 Å². The summed E-state index contributed by atoms with van der Waals surface area (Å²) >= 11 is 0. The number of anilines is 2. The zero-order valence-corrected chi connectivity index (χ0v) is 28.9. The van der Waals surface area contributed by atoms with E-state index in [1.807, 2.05) is 65.2 Å². The minimum Gasteiger partial charge on any atom is -0.491 e. The number of aliphatic hydroxyl groups excluding tert-OH is 1. The average molecular weight is 681 g/mol. The van der Waals surface area contributed by atoms with E-state index in [2.05, 4.69) is 65.6 Å². The summed E-state index contributed by atoms with van der Waals surface area (Å²) in [5.41, 5.74) is 4.12. The largest absolute Gasteiger partial charge is 0.491 e.